The van der Waals surface area contributed by atoms with Crippen LogP contribution in [0.25, 0.3) is 11.1 Å². The van der Waals surface area contributed by atoms with Crippen LogP contribution in [0.4, 0.5) is 32.0 Å². The van der Waals surface area contributed by atoms with Crippen LogP contribution in [-0.2, 0) is 11.8 Å². The summed E-state index contributed by atoms with van der Waals surface area (Å²) in [6, 6.07) is 28.2. The Morgan fingerprint density at radius 2 is 1.56 bits per heavy atom. The maximum Gasteiger partial charge on any atom is 0.573 e. The normalized spacial score (nSPS) is 17.8. The highest BCUT2D eigenvalue weighted by atomic mass is 19.4. The van der Waals surface area contributed by atoms with E-state index < -0.39 is 30.6 Å². The quantitative estimate of drug-likeness (QED) is 0.230. The minimum Gasteiger partial charge on any atom is -0.406 e. The van der Waals surface area contributed by atoms with Crippen LogP contribution >= 0.6 is 0 Å². The maximum atomic E-state index is 13.4. The SMILES string of the molecule is Cc1ccccc1-c1cccc(C2(Cc3cccc(OC(F)(F)F)c3)CN(C[C@@H](O)C(F)(F)F)c3ccccc32)c1. The summed E-state index contributed by atoms with van der Waals surface area (Å²) in [5.74, 6) is -0.380. The molecule has 0 radical (unpaired) electrons. The number of alkyl halides is 6. The Bertz CT molecular complexity index is 1530. The molecule has 0 aliphatic carbocycles. The van der Waals surface area contributed by atoms with E-state index in [1.807, 2.05) is 61.5 Å². The van der Waals surface area contributed by atoms with Crippen molar-refractivity contribution in [3.8, 4) is 16.9 Å². The number of aliphatic hydroxyl groups excluding tert-OH is 1. The molecule has 0 amide bonds. The van der Waals surface area contributed by atoms with Gasteiger partial charge >= 0.3 is 12.5 Å². The standard InChI is InChI=1S/C32H27F6NO2/c1-21-8-2-3-13-26(21)23-10-7-11-24(17-23)30(18-22-9-6-12-25(16-22)41-32(36,37)38)20-39(19-29(40)31(33,34)35)28-15-5-4-14-27(28)30/h2-17,29,40H,18-20H2,1H3/t29-,30?/m1/s1. The molecule has 1 N–H and O–H groups in total. The van der Waals surface area contributed by atoms with E-state index in [2.05, 4.69) is 4.74 Å². The van der Waals surface area contributed by atoms with Crippen LogP contribution < -0.4 is 9.64 Å². The highest BCUT2D eigenvalue weighted by Crippen LogP contribution is 2.48. The number of para-hydroxylation sites is 1. The third kappa shape index (κ3) is 6.05. The average molecular weight is 572 g/mol. The number of hydrogen-bond donors (Lipinski definition) is 1. The molecule has 4 aromatic rings. The number of aryl methyl sites for hydroxylation is 1. The van der Waals surface area contributed by atoms with Crippen LogP contribution in [0.3, 0.4) is 0 Å². The molecule has 0 aromatic heterocycles. The first-order valence-corrected chi connectivity index (χ1v) is 13.0. The van der Waals surface area contributed by atoms with Crippen molar-refractivity contribution in [2.24, 2.45) is 0 Å². The van der Waals surface area contributed by atoms with Crippen molar-refractivity contribution in [3.05, 3.63) is 119 Å². The predicted molar refractivity (Wildman–Crippen MR) is 145 cm³/mol. The van der Waals surface area contributed by atoms with E-state index >= 15 is 0 Å². The number of ether oxygens (including phenoxy) is 1. The van der Waals surface area contributed by atoms with E-state index in [4.69, 9.17) is 0 Å². The van der Waals surface area contributed by atoms with Crippen molar-refractivity contribution in [2.75, 3.05) is 18.0 Å². The Morgan fingerprint density at radius 3 is 2.29 bits per heavy atom. The Hall–Kier alpha value is -3.98. The van der Waals surface area contributed by atoms with Gasteiger partial charge < -0.3 is 14.7 Å². The van der Waals surface area contributed by atoms with E-state index in [-0.39, 0.29) is 18.7 Å². The molecule has 5 rings (SSSR count). The lowest BCUT2D eigenvalue weighted by Crippen LogP contribution is -2.44. The van der Waals surface area contributed by atoms with Crippen LogP contribution in [0.1, 0.15) is 22.3 Å². The van der Waals surface area contributed by atoms with Crippen molar-refractivity contribution >= 4 is 5.69 Å². The number of fused-ring (bicyclic) bond motifs is 1. The molecular formula is C32H27F6NO2. The van der Waals surface area contributed by atoms with Crippen LogP contribution in [-0.4, -0.2) is 36.8 Å². The van der Waals surface area contributed by atoms with E-state index in [0.29, 0.717) is 11.3 Å². The van der Waals surface area contributed by atoms with Crippen LogP contribution in [0, 0.1) is 6.92 Å². The van der Waals surface area contributed by atoms with E-state index in [1.54, 1.807) is 24.3 Å². The van der Waals surface area contributed by atoms with Crippen molar-refractivity contribution < 1.29 is 36.2 Å². The van der Waals surface area contributed by atoms with Gasteiger partial charge in [-0.1, -0.05) is 78.9 Å². The molecule has 0 saturated heterocycles. The maximum absolute atomic E-state index is 13.4. The zero-order valence-corrected chi connectivity index (χ0v) is 22.0. The Kier molecular flexibility index (Phi) is 7.50. The minimum atomic E-state index is -4.87. The molecule has 1 aliphatic rings. The van der Waals surface area contributed by atoms with E-state index in [9.17, 15) is 31.4 Å². The van der Waals surface area contributed by atoms with Gasteiger partial charge in [0.05, 0.1) is 6.54 Å². The zero-order valence-electron chi connectivity index (χ0n) is 22.0. The lowest BCUT2D eigenvalue weighted by Gasteiger charge is -2.33. The van der Waals surface area contributed by atoms with Crippen molar-refractivity contribution in [2.45, 2.75) is 37.4 Å². The smallest absolute Gasteiger partial charge is 0.406 e. The molecule has 0 spiro atoms. The second-order valence-electron chi connectivity index (χ2n) is 10.3. The topological polar surface area (TPSA) is 32.7 Å². The summed E-state index contributed by atoms with van der Waals surface area (Å²) in [4.78, 5) is 1.50. The van der Waals surface area contributed by atoms with Gasteiger partial charge in [-0.15, -0.1) is 13.2 Å². The fourth-order valence-corrected chi connectivity index (χ4v) is 5.71. The number of anilines is 1. The van der Waals surface area contributed by atoms with E-state index in [1.165, 1.54) is 23.1 Å². The molecule has 0 saturated carbocycles. The third-order valence-corrected chi connectivity index (χ3v) is 7.50. The molecule has 1 aliphatic heterocycles. The van der Waals surface area contributed by atoms with Crippen molar-refractivity contribution in [1.29, 1.82) is 0 Å². The van der Waals surface area contributed by atoms with Gasteiger partial charge in [-0.25, -0.2) is 0 Å². The fourth-order valence-electron chi connectivity index (χ4n) is 5.71. The molecule has 0 fully saturated rings. The number of halogens is 6. The average Bonchev–Trinajstić information content (AvgIpc) is 3.22. The molecule has 1 heterocycles. The van der Waals surface area contributed by atoms with Gasteiger partial charge in [0.25, 0.3) is 0 Å². The van der Waals surface area contributed by atoms with Crippen LogP contribution in [0.2, 0.25) is 0 Å². The molecule has 3 nitrogen and oxygen atoms in total. The highest BCUT2D eigenvalue weighted by Gasteiger charge is 2.47. The molecule has 2 atom stereocenters. The first-order valence-electron chi connectivity index (χ1n) is 13.0. The van der Waals surface area contributed by atoms with Gasteiger partial charge in [-0.2, -0.15) is 13.2 Å². The number of benzene rings is 4. The summed E-state index contributed by atoms with van der Waals surface area (Å²) in [7, 11) is 0. The fraction of sp³-hybridized carbons (Fsp3) is 0.250. The van der Waals surface area contributed by atoms with Crippen molar-refractivity contribution in [3.63, 3.8) is 0 Å². The van der Waals surface area contributed by atoms with Gasteiger partial charge in [0.1, 0.15) is 5.75 Å². The van der Waals surface area contributed by atoms with Crippen LogP contribution in [0.15, 0.2) is 97.1 Å². The lowest BCUT2D eigenvalue weighted by atomic mass is 9.71. The van der Waals surface area contributed by atoms with Crippen LogP contribution in [0.5, 0.6) is 5.75 Å². The predicted octanol–water partition coefficient (Wildman–Crippen LogP) is 7.83. The van der Waals surface area contributed by atoms with Gasteiger partial charge in [0.15, 0.2) is 6.10 Å². The number of aliphatic hydroxyl groups is 1. The molecule has 41 heavy (non-hydrogen) atoms. The number of nitrogens with zero attached hydrogens (tertiary/aromatic N) is 1. The molecule has 1 unspecified atom stereocenters. The monoisotopic (exact) mass is 571 g/mol. The van der Waals surface area contributed by atoms with Gasteiger partial charge in [0, 0.05) is 17.6 Å². The second-order valence-corrected chi connectivity index (χ2v) is 10.3. The number of β-amino-alcohol motifs (C(OH)–C–C–N with tert-alkyl or cyclic N) is 1. The van der Waals surface area contributed by atoms with Gasteiger partial charge in [-0.05, 0) is 64.9 Å². The molecule has 0 bridgehead atoms. The van der Waals surface area contributed by atoms with E-state index in [0.717, 1.165) is 27.8 Å². The Labute approximate surface area is 233 Å². The summed E-state index contributed by atoms with van der Waals surface area (Å²) in [6.45, 7) is 1.37. The summed E-state index contributed by atoms with van der Waals surface area (Å²) in [5.41, 5.74) is 4.53. The summed E-state index contributed by atoms with van der Waals surface area (Å²) < 4.78 is 83.3. The van der Waals surface area contributed by atoms with Gasteiger partial charge in [0.2, 0.25) is 0 Å². The Balaban J connectivity index is 1.65. The Morgan fingerprint density at radius 1 is 0.854 bits per heavy atom. The summed E-state index contributed by atoms with van der Waals surface area (Å²) in [6.07, 6.45) is -12.1. The first-order chi connectivity index (χ1) is 19.4. The number of hydrogen-bond acceptors (Lipinski definition) is 3. The molecular weight excluding hydrogens is 544 g/mol. The molecule has 4 aromatic carbocycles. The summed E-state index contributed by atoms with van der Waals surface area (Å²) >= 11 is 0. The first kappa shape index (κ1) is 28.5. The van der Waals surface area contributed by atoms with Crippen molar-refractivity contribution in [1.82, 2.24) is 0 Å². The molecule has 9 heteroatoms. The second kappa shape index (κ2) is 10.8. The zero-order chi connectivity index (χ0) is 29.4. The highest BCUT2D eigenvalue weighted by molar-refractivity contribution is 5.71. The third-order valence-electron chi connectivity index (χ3n) is 7.50. The number of rotatable bonds is 7. The largest absolute Gasteiger partial charge is 0.573 e. The minimum absolute atomic E-state index is 0.0705. The van der Waals surface area contributed by atoms with Gasteiger partial charge in [-0.3, -0.25) is 0 Å². The lowest BCUT2D eigenvalue weighted by molar-refractivity contribution is -0.274. The molecule has 214 valence electrons. The summed E-state index contributed by atoms with van der Waals surface area (Å²) in [5, 5.41) is 9.98.